The highest BCUT2D eigenvalue weighted by Crippen LogP contribution is 2.53. The van der Waals surface area contributed by atoms with E-state index in [-0.39, 0.29) is 0 Å². The van der Waals surface area contributed by atoms with Crippen molar-refractivity contribution in [3.05, 3.63) is 54.1 Å². The molecule has 1 aromatic carbocycles. The summed E-state index contributed by atoms with van der Waals surface area (Å²) < 4.78 is 0. The van der Waals surface area contributed by atoms with Gasteiger partial charge >= 0.3 is 0 Å². The van der Waals surface area contributed by atoms with Crippen LogP contribution in [0.1, 0.15) is 37.8 Å². The molecule has 0 heteroatoms. The first-order valence-corrected chi connectivity index (χ1v) is 6.54. The molecule has 0 saturated heterocycles. The summed E-state index contributed by atoms with van der Waals surface area (Å²) in [6, 6.07) is 9.05. The molecule has 0 amide bonds. The van der Waals surface area contributed by atoms with Crippen molar-refractivity contribution in [3.63, 3.8) is 0 Å². The molecule has 0 aliphatic heterocycles. The van der Waals surface area contributed by atoms with Crippen LogP contribution in [0.25, 0.3) is 5.57 Å². The highest BCUT2D eigenvalue weighted by Gasteiger charge is 2.45. The number of allylic oxidation sites excluding steroid dienone is 3. The van der Waals surface area contributed by atoms with Crippen molar-refractivity contribution < 1.29 is 0 Å². The van der Waals surface area contributed by atoms with Crippen molar-refractivity contribution in [2.45, 2.75) is 32.1 Å². The molecule has 1 aromatic rings. The Kier molecular flexibility index (Phi) is 2.29. The molecule has 3 rings (SSSR count). The SMILES string of the molecule is C=C(C)c1ccc(C2(C)CC3C=CC2C3)cc1. The summed E-state index contributed by atoms with van der Waals surface area (Å²) in [5.74, 6) is 1.58. The van der Waals surface area contributed by atoms with E-state index in [9.17, 15) is 0 Å². The highest BCUT2D eigenvalue weighted by molar-refractivity contribution is 5.61. The Morgan fingerprint density at radius 1 is 1.24 bits per heavy atom. The summed E-state index contributed by atoms with van der Waals surface area (Å²) in [5, 5.41) is 0. The van der Waals surface area contributed by atoms with Crippen LogP contribution in [0.5, 0.6) is 0 Å². The Hall–Kier alpha value is -1.30. The van der Waals surface area contributed by atoms with E-state index in [0.29, 0.717) is 5.41 Å². The molecule has 0 radical (unpaired) electrons. The molecule has 0 spiro atoms. The zero-order valence-corrected chi connectivity index (χ0v) is 10.7. The van der Waals surface area contributed by atoms with Gasteiger partial charge in [-0.1, -0.05) is 55.5 Å². The molecule has 17 heavy (non-hydrogen) atoms. The fourth-order valence-corrected chi connectivity index (χ4v) is 3.56. The first kappa shape index (κ1) is 10.8. The molecule has 0 N–H and O–H groups in total. The van der Waals surface area contributed by atoms with Gasteiger partial charge in [-0.05, 0) is 48.1 Å². The highest BCUT2D eigenvalue weighted by atomic mass is 14.5. The van der Waals surface area contributed by atoms with Gasteiger partial charge in [0.15, 0.2) is 0 Å². The smallest absolute Gasteiger partial charge is 0.000676 e. The van der Waals surface area contributed by atoms with Gasteiger partial charge in [-0.2, -0.15) is 0 Å². The van der Waals surface area contributed by atoms with E-state index in [1.54, 1.807) is 0 Å². The first-order chi connectivity index (χ1) is 8.09. The maximum absolute atomic E-state index is 4.00. The molecule has 3 unspecified atom stereocenters. The third kappa shape index (κ3) is 1.58. The van der Waals surface area contributed by atoms with Crippen molar-refractivity contribution in [1.82, 2.24) is 0 Å². The molecule has 0 heterocycles. The number of hydrogen-bond acceptors (Lipinski definition) is 0. The summed E-state index contributed by atoms with van der Waals surface area (Å²) in [5.41, 5.74) is 4.28. The zero-order valence-electron chi connectivity index (χ0n) is 10.7. The summed E-state index contributed by atoms with van der Waals surface area (Å²) >= 11 is 0. The van der Waals surface area contributed by atoms with Crippen LogP contribution in [0, 0.1) is 11.8 Å². The molecule has 2 bridgehead atoms. The third-order valence-electron chi connectivity index (χ3n) is 4.71. The molecule has 1 fully saturated rings. The normalized spacial score (nSPS) is 34.2. The molecule has 0 nitrogen and oxygen atoms in total. The van der Waals surface area contributed by atoms with Gasteiger partial charge in [-0.3, -0.25) is 0 Å². The minimum Gasteiger partial charge on any atom is -0.0955 e. The second-order valence-corrected chi connectivity index (χ2v) is 5.97. The second-order valence-electron chi connectivity index (χ2n) is 5.97. The number of fused-ring (bicyclic) bond motifs is 2. The van der Waals surface area contributed by atoms with Gasteiger partial charge in [0.2, 0.25) is 0 Å². The molecular formula is C17H20. The quantitative estimate of drug-likeness (QED) is 0.645. The van der Waals surface area contributed by atoms with Gasteiger partial charge < -0.3 is 0 Å². The van der Waals surface area contributed by atoms with Gasteiger partial charge in [-0.15, -0.1) is 0 Å². The van der Waals surface area contributed by atoms with Crippen molar-refractivity contribution >= 4 is 5.57 Å². The average Bonchev–Trinajstić information content (AvgIpc) is 2.89. The van der Waals surface area contributed by atoms with Crippen LogP contribution in [0.2, 0.25) is 0 Å². The molecule has 0 aromatic heterocycles. The molecule has 1 saturated carbocycles. The minimum absolute atomic E-state index is 0.368. The van der Waals surface area contributed by atoms with Crippen LogP contribution >= 0.6 is 0 Å². The lowest BCUT2D eigenvalue weighted by molar-refractivity contribution is 0.396. The van der Waals surface area contributed by atoms with Crippen LogP contribution in [-0.2, 0) is 5.41 Å². The van der Waals surface area contributed by atoms with Crippen LogP contribution in [0.4, 0.5) is 0 Å². The fourth-order valence-electron chi connectivity index (χ4n) is 3.56. The fraction of sp³-hybridized carbons (Fsp3) is 0.412. The Morgan fingerprint density at radius 2 is 1.94 bits per heavy atom. The zero-order chi connectivity index (χ0) is 12.0. The minimum atomic E-state index is 0.368. The van der Waals surface area contributed by atoms with E-state index < -0.39 is 0 Å². The lowest BCUT2D eigenvalue weighted by Gasteiger charge is -2.32. The molecular weight excluding hydrogens is 204 g/mol. The van der Waals surface area contributed by atoms with Crippen LogP contribution in [0.3, 0.4) is 0 Å². The van der Waals surface area contributed by atoms with Gasteiger partial charge in [0, 0.05) is 0 Å². The Balaban J connectivity index is 1.94. The van der Waals surface area contributed by atoms with E-state index in [2.05, 4.69) is 56.8 Å². The van der Waals surface area contributed by atoms with Crippen molar-refractivity contribution in [3.8, 4) is 0 Å². The van der Waals surface area contributed by atoms with Crippen LogP contribution in [-0.4, -0.2) is 0 Å². The predicted octanol–water partition coefficient (Wildman–Crippen LogP) is 4.57. The molecule has 3 atom stereocenters. The van der Waals surface area contributed by atoms with E-state index >= 15 is 0 Å². The summed E-state index contributed by atoms with van der Waals surface area (Å²) in [6.45, 7) is 8.49. The lowest BCUT2D eigenvalue weighted by Crippen LogP contribution is -2.26. The van der Waals surface area contributed by atoms with Crippen molar-refractivity contribution in [1.29, 1.82) is 0 Å². The van der Waals surface area contributed by atoms with Crippen molar-refractivity contribution in [2.24, 2.45) is 11.8 Å². The second kappa shape index (κ2) is 3.60. The first-order valence-electron chi connectivity index (χ1n) is 6.54. The standard InChI is InChI=1S/C17H20/c1-12(2)14-5-8-15(9-6-14)17(3)11-13-4-7-16(17)10-13/h4-9,13,16H,1,10-11H2,2-3H3. The number of benzene rings is 1. The lowest BCUT2D eigenvalue weighted by atomic mass is 9.72. The largest absolute Gasteiger partial charge is 0.0955 e. The molecule has 88 valence electrons. The maximum atomic E-state index is 4.00. The van der Waals surface area contributed by atoms with E-state index in [0.717, 1.165) is 17.4 Å². The maximum Gasteiger partial charge on any atom is -0.000676 e. The molecule has 2 aliphatic rings. The van der Waals surface area contributed by atoms with E-state index in [1.165, 1.54) is 24.0 Å². The summed E-state index contributed by atoms with van der Waals surface area (Å²) in [7, 11) is 0. The van der Waals surface area contributed by atoms with Gasteiger partial charge in [0.05, 0.1) is 0 Å². The third-order valence-corrected chi connectivity index (χ3v) is 4.71. The topological polar surface area (TPSA) is 0 Å². The van der Waals surface area contributed by atoms with Crippen LogP contribution < -0.4 is 0 Å². The van der Waals surface area contributed by atoms with Crippen LogP contribution in [0.15, 0.2) is 43.0 Å². The van der Waals surface area contributed by atoms with Gasteiger partial charge in [0.1, 0.15) is 0 Å². The van der Waals surface area contributed by atoms with Crippen molar-refractivity contribution in [2.75, 3.05) is 0 Å². The Labute approximate surface area is 104 Å². The monoisotopic (exact) mass is 224 g/mol. The number of hydrogen-bond donors (Lipinski definition) is 0. The predicted molar refractivity (Wildman–Crippen MR) is 73.9 cm³/mol. The summed E-state index contributed by atoms with van der Waals surface area (Å²) in [4.78, 5) is 0. The Morgan fingerprint density at radius 3 is 2.41 bits per heavy atom. The summed E-state index contributed by atoms with van der Waals surface area (Å²) in [6.07, 6.45) is 7.52. The Bertz CT molecular complexity index is 477. The van der Waals surface area contributed by atoms with Gasteiger partial charge in [0.25, 0.3) is 0 Å². The van der Waals surface area contributed by atoms with Gasteiger partial charge in [-0.25, -0.2) is 0 Å². The number of rotatable bonds is 2. The van der Waals surface area contributed by atoms with E-state index in [4.69, 9.17) is 0 Å². The van der Waals surface area contributed by atoms with E-state index in [1.807, 2.05) is 0 Å². The molecule has 2 aliphatic carbocycles. The average molecular weight is 224 g/mol.